The summed E-state index contributed by atoms with van der Waals surface area (Å²) in [6, 6.07) is 67.8. The number of imidazole rings is 1. The second-order valence-electron chi connectivity index (χ2n) is 15.1. The van der Waals surface area contributed by atoms with Crippen LogP contribution in [0.15, 0.2) is 188 Å². The van der Waals surface area contributed by atoms with Crippen molar-refractivity contribution in [3.05, 3.63) is 205 Å². The van der Waals surface area contributed by atoms with E-state index in [2.05, 4.69) is 215 Å². The molecule has 1 aromatic heterocycles. The molecule has 0 aliphatic carbocycles. The molecule has 0 radical (unpaired) electrons. The second-order valence-corrected chi connectivity index (χ2v) is 15.1. The molecule has 1 aliphatic heterocycles. The van der Waals surface area contributed by atoms with E-state index in [0.717, 1.165) is 66.4 Å². The molecular weight excluding hydrogens is 693 g/mol. The number of piperidine rings is 1. The van der Waals surface area contributed by atoms with Gasteiger partial charge in [0.2, 0.25) is 0 Å². The van der Waals surface area contributed by atoms with Gasteiger partial charge in [-0.3, -0.25) is 4.90 Å². The van der Waals surface area contributed by atoms with Crippen LogP contribution < -0.4 is 4.90 Å². The summed E-state index contributed by atoms with van der Waals surface area (Å²) in [5, 5.41) is 5.04. The third-order valence-corrected chi connectivity index (χ3v) is 11.6. The highest BCUT2D eigenvalue weighted by Crippen LogP contribution is 2.40. The lowest BCUT2D eigenvalue weighted by Gasteiger charge is -2.33. The minimum atomic E-state index is 0.358. The molecule has 8 aromatic carbocycles. The van der Waals surface area contributed by atoms with Gasteiger partial charge in [-0.2, -0.15) is 0 Å². The Hall–Kier alpha value is -6.75. The van der Waals surface area contributed by atoms with Gasteiger partial charge >= 0.3 is 0 Å². The largest absolute Gasteiger partial charge is 0.321 e. The molecule has 4 heteroatoms. The summed E-state index contributed by atoms with van der Waals surface area (Å²) >= 11 is 0. The summed E-state index contributed by atoms with van der Waals surface area (Å²) in [5.41, 5.74) is 10.7. The van der Waals surface area contributed by atoms with Crippen LogP contribution in [0.4, 0.5) is 17.1 Å². The number of benzene rings is 8. The highest BCUT2D eigenvalue weighted by atomic mass is 15.2. The Morgan fingerprint density at radius 2 is 0.982 bits per heavy atom. The summed E-state index contributed by atoms with van der Waals surface area (Å²) in [6.07, 6.45) is 6.65. The van der Waals surface area contributed by atoms with Crippen LogP contribution >= 0.6 is 0 Å². The van der Waals surface area contributed by atoms with Crippen LogP contribution in [0.5, 0.6) is 0 Å². The number of para-hydroxylation sites is 2. The minimum Gasteiger partial charge on any atom is -0.321 e. The van der Waals surface area contributed by atoms with E-state index in [4.69, 9.17) is 4.98 Å². The molecule has 1 saturated heterocycles. The molecule has 0 saturated carbocycles. The molecule has 0 N–H and O–H groups in total. The fraction of sp³-hybridized carbons (Fsp3) is 0.113. The first kappa shape index (κ1) is 34.7. The Bertz CT molecular complexity index is 2760. The predicted octanol–water partition coefficient (Wildman–Crippen LogP) is 13.5. The van der Waals surface area contributed by atoms with Crippen LogP contribution in [0, 0.1) is 0 Å². The first-order chi connectivity index (χ1) is 28.3. The summed E-state index contributed by atoms with van der Waals surface area (Å²) in [5.74, 6) is 1.02. The lowest BCUT2D eigenvalue weighted by atomic mass is 9.98. The first-order valence-corrected chi connectivity index (χ1v) is 20.1. The normalized spacial score (nSPS) is 13.9. The average molecular weight is 737 g/mol. The van der Waals surface area contributed by atoms with Crippen LogP contribution in [0.1, 0.15) is 35.8 Å². The maximum absolute atomic E-state index is 5.46. The molecule has 9 aromatic rings. The van der Waals surface area contributed by atoms with Crippen molar-refractivity contribution in [2.75, 3.05) is 18.0 Å². The Morgan fingerprint density at radius 1 is 0.491 bits per heavy atom. The van der Waals surface area contributed by atoms with Crippen LogP contribution in [-0.4, -0.2) is 27.5 Å². The van der Waals surface area contributed by atoms with Crippen molar-refractivity contribution in [3.63, 3.8) is 0 Å². The number of aromatic nitrogens is 2. The lowest BCUT2D eigenvalue weighted by molar-refractivity contribution is 0.181. The van der Waals surface area contributed by atoms with E-state index in [-0.39, 0.29) is 0 Å². The van der Waals surface area contributed by atoms with E-state index in [1.807, 2.05) is 0 Å². The van der Waals surface area contributed by atoms with Crippen molar-refractivity contribution in [3.8, 4) is 11.1 Å². The topological polar surface area (TPSA) is 24.3 Å². The van der Waals surface area contributed by atoms with Gasteiger partial charge in [-0.05, 0) is 88.3 Å². The molecule has 0 atom stereocenters. The smallest absolute Gasteiger partial charge is 0.134 e. The maximum atomic E-state index is 5.46. The van der Waals surface area contributed by atoms with Crippen LogP contribution in [-0.2, 0) is 6.54 Å². The molecule has 276 valence electrons. The van der Waals surface area contributed by atoms with Crippen LogP contribution in [0.25, 0.3) is 55.9 Å². The van der Waals surface area contributed by atoms with Crippen LogP contribution in [0.3, 0.4) is 0 Å². The Kier molecular flexibility index (Phi) is 9.39. The summed E-state index contributed by atoms with van der Waals surface area (Å²) < 4.78 is 2.57. The van der Waals surface area contributed by atoms with Gasteiger partial charge in [0.05, 0.1) is 11.0 Å². The number of rotatable bonds is 9. The SMILES string of the molecule is C(=C\c1nc2c3ccccc3c3ccccc3c2n1C1CCN(Cc2ccccc2)CC1)/c1ccc(-c2ccc(N(c3ccccc3)c3ccccc3)cc2)cc1. The van der Waals surface area contributed by atoms with Gasteiger partial charge in [-0.15, -0.1) is 0 Å². The van der Waals surface area contributed by atoms with Crippen molar-refractivity contribution < 1.29 is 0 Å². The second kappa shape index (κ2) is 15.4. The molecule has 0 unspecified atom stereocenters. The maximum Gasteiger partial charge on any atom is 0.134 e. The lowest BCUT2D eigenvalue weighted by Crippen LogP contribution is -2.34. The Labute approximate surface area is 334 Å². The summed E-state index contributed by atoms with van der Waals surface area (Å²) in [7, 11) is 0. The standard InChI is InChI=1S/C53H44N4/c1-4-14-40(15-5-1)38-55-36-34-46(35-37-55)57-51(54-52-49-22-12-10-20-47(49)48-21-11-13-23-50(48)53(52)57)33-26-39-24-27-41(28-25-39)42-29-31-45(32-30-42)56(43-16-6-2-7-17-43)44-18-8-3-9-19-44/h1-33,46H,34-38H2/b33-26+. The Morgan fingerprint density at radius 3 is 1.60 bits per heavy atom. The average Bonchev–Trinajstić information content (AvgIpc) is 3.68. The van der Waals surface area contributed by atoms with Gasteiger partial charge < -0.3 is 9.47 Å². The number of hydrogen-bond acceptors (Lipinski definition) is 3. The highest BCUT2D eigenvalue weighted by molar-refractivity contribution is 6.23. The van der Waals surface area contributed by atoms with Gasteiger partial charge in [0.1, 0.15) is 5.82 Å². The predicted molar refractivity (Wildman–Crippen MR) is 240 cm³/mol. The monoisotopic (exact) mass is 736 g/mol. The quantitative estimate of drug-likeness (QED) is 0.138. The van der Waals surface area contributed by atoms with Crippen molar-refractivity contribution in [2.45, 2.75) is 25.4 Å². The molecule has 1 fully saturated rings. The van der Waals surface area contributed by atoms with Gasteiger partial charge in [0, 0.05) is 53.5 Å². The molecular formula is C53H44N4. The number of likely N-dealkylation sites (tertiary alicyclic amines) is 1. The number of hydrogen-bond donors (Lipinski definition) is 0. The third-order valence-electron chi connectivity index (χ3n) is 11.6. The van der Waals surface area contributed by atoms with Crippen molar-refractivity contribution in [2.24, 2.45) is 0 Å². The van der Waals surface area contributed by atoms with Gasteiger partial charge in [0.25, 0.3) is 0 Å². The van der Waals surface area contributed by atoms with Crippen molar-refractivity contribution in [1.29, 1.82) is 0 Å². The van der Waals surface area contributed by atoms with E-state index in [1.165, 1.54) is 43.8 Å². The van der Waals surface area contributed by atoms with E-state index in [9.17, 15) is 0 Å². The highest BCUT2D eigenvalue weighted by Gasteiger charge is 2.26. The fourth-order valence-corrected chi connectivity index (χ4v) is 8.77. The third kappa shape index (κ3) is 6.90. The number of nitrogens with zero attached hydrogens (tertiary/aromatic N) is 4. The molecule has 0 spiro atoms. The number of anilines is 3. The van der Waals surface area contributed by atoms with Crippen LogP contribution in [0.2, 0.25) is 0 Å². The first-order valence-electron chi connectivity index (χ1n) is 20.1. The Balaban J connectivity index is 0.961. The van der Waals surface area contributed by atoms with E-state index < -0.39 is 0 Å². The molecule has 2 heterocycles. The van der Waals surface area contributed by atoms with E-state index in [0.29, 0.717) is 6.04 Å². The summed E-state index contributed by atoms with van der Waals surface area (Å²) in [4.78, 5) is 10.4. The minimum absolute atomic E-state index is 0.358. The summed E-state index contributed by atoms with van der Waals surface area (Å²) in [6.45, 7) is 3.12. The molecule has 0 bridgehead atoms. The van der Waals surface area contributed by atoms with Gasteiger partial charge in [-0.1, -0.05) is 158 Å². The zero-order chi connectivity index (χ0) is 38.0. The fourth-order valence-electron chi connectivity index (χ4n) is 8.77. The van der Waals surface area contributed by atoms with E-state index >= 15 is 0 Å². The van der Waals surface area contributed by atoms with E-state index in [1.54, 1.807) is 0 Å². The van der Waals surface area contributed by atoms with Gasteiger partial charge in [0.15, 0.2) is 0 Å². The molecule has 57 heavy (non-hydrogen) atoms. The zero-order valence-electron chi connectivity index (χ0n) is 32.0. The molecule has 0 amide bonds. The van der Waals surface area contributed by atoms with Crippen molar-refractivity contribution >= 4 is 61.8 Å². The van der Waals surface area contributed by atoms with Crippen molar-refractivity contribution in [1.82, 2.24) is 14.5 Å². The molecule has 4 nitrogen and oxygen atoms in total. The zero-order valence-corrected chi connectivity index (χ0v) is 32.0. The molecule has 1 aliphatic rings. The molecule has 10 rings (SSSR count). The number of fused-ring (bicyclic) bond motifs is 6. The van der Waals surface area contributed by atoms with Gasteiger partial charge in [-0.25, -0.2) is 4.98 Å².